The first-order valence-electron chi connectivity index (χ1n) is 8.84. The Balaban J connectivity index is 1.77. The number of nitrogens with zero attached hydrogens (tertiary/aromatic N) is 2. The minimum absolute atomic E-state index is 0.184. The second-order valence-corrected chi connectivity index (χ2v) is 6.36. The zero-order valence-corrected chi connectivity index (χ0v) is 15.4. The molecule has 1 heterocycles. The Kier molecular flexibility index (Phi) is 5.46. The van der Waals surface area contributed by atoms with Crippen LogP contribution < -0.4 is 14.8 Å². The summed E-state index contributed by atoms with van der Waals surface area (Å²) >= 11 is 0. The van der Waals surface area contributed by atoms with Gasteiger partial charge in [0.05, 0.1) is 14.2 Å². The third-order valence-electron chi connectivity index (χ3n) is 4.95. The van der Waals surface area contributed by atoms with Crippen molar-refractivity contribution in [3.8, 4) is 11.5 Å². The molecule has 0 radical (unpaired) electrons. The highest BCUT2D eigenvalue weighted by molar-refractivity contribution is 5.87. The average molecular weight is 359 g/mol. The summed E-state index contributed by atoms with van der Waals surface area (Å²) in [6.07, 6.45) is 2.42. The second-order valence-electron chi connectivity index (χ2n) is 6.36. The predicted octanol–water partition coefficient (Wildman–Crippen LogP) is 2.27. The number of benzene rings is 1. The highest BCUT2D eigenvalue weighted by atomic mass is 16.5. The maximum Gasteiger partial charge on any atom is 0.356 e. The number of carbonyl (C=O) groups is 1. The van der Waals surface area contributed by atoms with Gasteiger partial charge in [-0.2, -0.15) is 5.10 Å². The van der Waals surface area contributed by atoms with Gasteiger partial charge in [0.25, 0.3) is 0 Å². The van der Waals surface area contributed by atoms with E-state index in [-0.39, 0.29) is 11.7 Å². The van der Waals surface area contributed by atoms with Crippen molar-refractivity contribution in [1.29, 1.82) is 0 Å². The van der Waals surface area contributed by atoms with Crippen LogP contribution in [0.2, 0.25) is 0 Å². The van der Waals surface area contributed by atoms with Gasteiger partial charge in [-0.05, 0) is 38.3 Å². The first-order valence-corrected chi connectivity index (χ1v) is 8.84. The fourth-order valence-corrected chi connectivity index (χ4v) is 3.64. The van der Waals surface area contributed by atoms with Crippen LogP contribution in [-0.2, 0) is 25.9 Å². The number of aromatic nitrogens is 2. The van der Waals surface area contributed by atoms with E-state index in [1.807, 2.05) is 29.8 Å². The van der Waals surface area contributed by atoms with Crippen LogP contribution >= 0.6 is 0 Å². The normalized spacial score (nSPS) is 16.2. The van der Waals surface area contributed by atoms with Gasteiger partial charge in [-0.25, -0.2) is 4.79 Å². The van der Waals surface area contributed by atoms with Gasteiger partial charge in [0.15, 0.2) is 5.69 Å². The topological polar surface area (TPSA) is 85.6 Å². The van der Waals surface area contributed by atoms with E-state index in [1.165, 1.54) is 0 Å². The van der Waals surface area contributed by atoms with Gasteiger partial charge in [0.2, 0.25) is 0 Å². The van der Waals surface area contributed by atoms with Crippen LogP contribution in [-0.4, -0.2) is 41.1 Å². The van der Waals surface area contributed by atoms with Crippen LogP contribution in [0, 0.1) is 0 Å². The molecule has 7 heteroatoms. The van der Waals surface area contributed by atoms with E-state index in [0.29, 0.717) is 19.5 Å². The van der Waals surface area contributed by atoms with Crippen LogP contribution in [0.3, 0.4) is 0 Å². The molecule has 1 aliphatic rings. The maximum absolute atomic E-state index is 11.5. The summed E-state index contributed by atoms with van der Waals surface area (Å²) in [5, 5.41) is 17.2. The number of hydrogen-bond acceptors (Lipinski definition) is 5. The molecule has 0 bridgehead atoms. The number of nitrogens with one attached hydrogen (secondary N) is 1. The summed E-state index contributed by atoms with van der Waals surface area (Å²) in [5.41, 5.74) is 3.06. The standard InChI is InChI=1S/C19H25N3O4/c1-4-22-15-9-8-12(10-13(15)18(21-22)19(23)24)20-11-14-16(25-2)6-5-7-17(14)26-3/h5-7,12,20H,4,8-11H2,1-3H3,(H,23,24). The molecular formula is C19H25N3O4. The summed E-state index contributed by atoms with van der Waals surface area (Å²) in [7, 11) is 3.28. The second kappa shape index (κ2) is 7.78. The number of aryl methyl sites for hydroxylation is 1. The summed E-state index contributed by atoms with van der Waals surface area (Å²) in [6, 6.07) is 5.90. The molecular weight excluding hydrogens is 334 g/mol. The summed E-state index contributed by atoms with van der Waals surface area (Å²) in [5.74, 6) is 0.595. The molecule has 3 rings (SSSR count). The van der Waals surface area contributed by atoms with Gasteiger partial charge in [0, 0.05) is 36.0 Å². The molecule has 0 saturated heterocycles. The Morgan fingerprint density at radius 1 is 1.35 bits per heavy atom. The van der Waals surface area contributed by atoms with Crippen molar-refractivity contribution >= 4 is 5.97 Å². The highest BCUT2D eigenvalue weighted by Crippen LogP contribution is 2.29. The number of hydrogen-bond donors (Lipinski definition) is 2. The van der Waals surface area contributed by atoms with E-state index in [1.54, 1.807) is 14.2 Å². The van der Waals surface area contributed by atoms with Gasteiger partial charge in [-0.1, -0.05) is 6.07 Å². The summed E-state index contributed by atoms with van der Waals surface area (Å²) in [4.78, 5) is 11.5. The van der Waals surface area contributed by atoms with E-state index in [9.17, 15) is 9.90 Å². The van der Waals surface area contributed by atoms with Crippen LogP contribution in [0.4, 0.5) is 0 Å². The largest absolute Gasteiger partial charge is 0.496 e. The van der Waals surface area contributed by atoms with Crippen LogP contribution in [0.25, 0.3) is 0 Å². The molecule has 1 atom stereocenters. The van der Waals surface area contributed by atoms with Gasteiger partial charge in [0.1, 0.15) is 11.5 Å². The van der Waals surface area contributed by atoms with E-state index >= 15 is 0 Å². The predicted molar refractivity (Wildman–Crippen MR) is 97.1 cm³/mol. The van der Waals surface area contributed by atoms with E-state index < -0.39 is 5.97 Å². The number of carboxylic acid groups (broad SMARTS) is 1. The number of ether oxygens (including phenoxy) is 2. The Morgan fingerprint density at radius 2 is 2.04 bits per heavy atom. The van der Waals surface area contributed by atoms with Crippen molar-refractivity contribution in [3.05, 3.63) is 40.7 Å². The third-order valence-corrected chi connectivity index (χ3v) is 4.95. The average Bonchev–Trinajstić information content (AvgIpc) is 3.04. The van der Waals surface area contributed by atoms with Crippen molar-refractivity contribution in [2.45, 2.75) is 45.3 Å². The lowest BCUT2D eigenvalue weighted by Crippen LogP contribution is -2.35. The monoisotopic (exact) mass is 359 g/mol. The molecule has 26 heavy (non-hydrogen) atoms. The Hall–Kier alpha value is -2.54. The minimum Gasteiger partial charge on any atom is -0.496 e. The summed E-state index contributed by atoms with van der Waals surface area (Å²) in [6.45, 7) is 3.26. The molecule has 7 nitrogen and oxygen atoms in total. The lowest BCUT2D eigenvalue weighted by atomic mass is 9.91. The number of fused-ring (bicyclic) bond motifs is 1. The Bertz CT molecular complexity index is 778. The lowest BCUT2D eigenvalue weighted by Gasteiger charge is -2.25. The SMILES string of the molecule is CCn1nc(C(=O)O)c2c1CCC(NCc1c(OC)cccc1OC)C2. The zero-order chi connectivity index (χ0) is 18.7. The number of carboxylic acids is 1. The van der Waals surface area contributed by atoms with E-state index in [0.717, 1.165) is 41.2 Å². The van der Waals surface area contributed by atoms with Gasteiger partial charge < -0.3 is 19.9 Å². The number of rotatable bonds is 7. The molecule has 0 spiro atoms. The van der Waals surface area contributed by atoms with Crippen molar-refractivity contribution < 1.29 is 19.4 Å². The zero-order valence-electron chi connectivity index (χ0n) is 15.4. The molecule has 2 aromatic rings. The molecule has 140 valence electrons. The smallest absolute Gasteiger partial charge is 0.356 e. The quantitative estimate of drug-likeness (QED) is 0.789. The first kappa shape index (κ1) is 18.3. The van der Waals surface area contributed by atoms with Crippen LogP contribution in [0.15, 0.2) is 18.2 Å². The third kappa shape index (κ3) is 3.39. The van der Waals surface area contributed by atoms with Crippen LogP contribution in [0.1, 0.15) is 40.7 Å². The number of aromatic carboxylic acids is 1. The fourth-order valence-electron chi connectivity index (χ4n) is 3.64. The minimum atomic E-state index is -0.958. The molecule has 1 aromatic heterocycles. The molecule has 0 saturated carbocycles. The van der Waals surface area contributed by atoms with Gasteiger partial charge in [-0.3, -0.25) is 4.68 Å². The first-order chi connectivity index (χ1) is 12.6. The molecule has 0 aliphatic heterocycles. The highest BCUT2D eigenvalue weighted by Gasteiger charge is 2.28. The molecule has 1 aliphatic carbocycles. The van der Waals surface area contributed by atoms with Gasteiger partial charge in [-0.15, -0.1) is 0 Å². The van der Waals surface area contributed by atoms with Gasteiger partial charge >= 0.3 is 5.97 Å². The lowest BCUT2D eigenvalue weighted by molar-refractivity contribution is 0.0688. The van der Waals surface area contributed by atoms with Crippen molar-refractivity contribution in [2.75, 3.05) is 14.2 Å². The molecule has 0 amide bonds. The maximum atomic E-state index is 11.5. The molecule has 0 fully saturated rings. The summed E-state index contributed by atoms with van der Waals surface area (Å²) < 4.78 is 12.7. The van der Waals surface area contributed by atoms with Crippen molar-refractivity contribution in [1.82, 2.24) is 15.1 Å². The Labute approximate surface area is 152 Å². The fraction of sp³-hybridized carbons (Fsp3) is 0.474. The Morgan fingerprint density at radius 3 is 2.62 bits per heavy atom. The van der Waals surface area contributed by atoms with Crippen LogP contribution in [0.5, 0.6) is 11.5 Å². The molecule has 2 N–H and O–H groups in total. The van der Waals surface area contributed by atoms with E-state index in [4.69, 9.17) is 9.47 Å². The molecule has 1 aromatic carbocycles. The number of methoxy groups -OCH3 is 2. The molecule has 1 unspecified atom stereocenters. The van der Waals surface area contributed by atoms with Crippen molar-refractivity contribution in [3.63, 3.8) is 0 Å². The van der Waals surface area contributed by atoms with Crippen molar-refractivity contribution in [2.24, 2.45) is 0 Å². The van der Waals surface area contributed by atoms with E-state index in [2.05, 4.69) is 10.4 Å².